The van der Waals surface area contributed by atoms with E-state index in [2.05, 4.69) is 52.5 Å². The minimum Gasteiger partial charge on any atom is -0.481 e. The molecule has 396 valence electrons. The molecule has 0 radical (unpaired) electrons. The Bertz CT molecular complexity index is 1880. The molecular formula is C40H72N16O13S. The predicted octanol–water partition coefficient (Wildman–Crippen LogP) is -6.41. The number of rotatable bonds is 35. The number of thioether (sulfide) groups is 1. The van der Waals surface area contributed by atoms with Crippen molar-refractivity contribution in [3.63, 3.8) is 0 Å². The molecule has 9 atom stereocenters. The summed E-state index contributed by atoms with van der Waals surface area (Å²) in [4.78, 5) is 149. The normalized spacial score (nSPS) is 14.6. The van der Waals surface area contributed by atoms with E-state index >= 15 is 0 Å². The number of guanidine groups is 2. The molecule has 0 fully saturated rings. The second-order valence-electron chi connectivity index (χ2n) is 16.1. The van der Waals surface area contributed by atoms with E-state index in [1.807, 2.05) is 0 Å². The van der Waals surface area contributed by atoms with Crippen molar-refractivity contribution in [3.8, 4) is 0 Å². The highest BCUT2D eigenvalue weighted by atomic mass is 32.2. The summed E-state index contributed by atoms with van der Waals surface area (Å²) in [5, 5.41) is 37.9. The van der Waals surface area contributed by atoms with Crippen LogP contribution in [-0.4, -0.2) is 167 Å². The number of hydrogen-bond acceptors (Lipinski definition) is 15. The molecule has 0 aliphatic rings. The van der Waals surface area contributed by atoms with Crippen molar-refractivity contribution in [1.29, 1.82) is 0 Å². The summed E-state index contributed by atoms with van der Waals surface area (Å²) in [5.41, 5.74) is 32.8. The van der Waals surface area contributed by atoms with Gasteiger partial charge in [-0.25, -0.2) is 0 Å². The van der Waals surface area contributed by atoms with E-state index in [0.29, 0.717) is 12.2 Å². The van der Waals surface area contributed by atoms with Gasteiger partial charge in [0.15, 0.2) is 11.9 Å². The smallest absolute Gasteiger partial charge is 0.325 e. The molecule has 0 aromatic carbocycles. The summed E-state index contributed by atoms with van der Waals surface area (Å²) < 4.78 is 0. The number of carbonyl (C=O) groups excluding carboxylic acids is 9. The second-order valence-corrected chi connectivity index (χ2v) is 17.1. The molecule has 70 heavy (non-hydrogen) atoms. The zero-order valence-electron chi connectivity index (χ0n) is 40.0. The summed E-state index contributed by atoms with van der Waals surface area (Å²) in [6.07, 6.45) is 0.592. The van der Waals surface area contributed by atoms with Gasteiger partial charge in [-0.15, -0.1) is 0 Å². The molecule has 0 saturated carbocycles. The largest absolute Gasteiger partial charge is 0.481 e. The van der Waals surface area contributed by atoms with Gasteiger partial charge in [0.25, 0.3) is 0 Å². The number of carboxylic acid groups (broad SMARTS) is 2. The van der Waals surface area contributed by atoms with Gasteiger partial charge in [-0.05, 0) is 70.3 Å². The van der Waals surface area contributed by atoms with E-state index < -0.39 is 126 Å². The summed E-state index contributed by atoms with van der Waals surface area (Å²) in [6, 6.07) is -11.1. The number of nitrogens with two attached hydrogens (primary N) is 6. The average Bonchev–Trinajstić information content (AvgIpc) is 3.28. The molecule has 22 N–H and O–H groups in total. The summed E-state index contributed by atoms with van der Waals surface area (Å²) in [5.74, 6) is -11.5. The molecule has 30 heteroatoms. The molecule has 9 amide bonds. The van der Waals surface area contributed by atoms with E-state index in [1.54, 1.807) is 20.1 Å². The SMILES string of the molecule is CC[C@H](C)[C@H](N)C(=O)N[C@@H](CCC(N)=O)C(=O)N[C@@H](CC(=O)O)C(=O)N[C@@H](CCCN=C(N)N)C(=O)N[C@@H](C)C(=O)NCC(=O)N[C@@H](CCCN=C(N)N)C(=O)N[C@@H](CCSC)C(=O)N[C@@H](C)C(=O)O. The Morgan fingerprint density at radius 1 is 0.557 bits per heavy atom. The first-order valence-corrected chi connectivity index (χ1v) is 23.6. The number of carbonyl (C=O) groups is 11. The Kier molecular flexibility index (Phi) is 30.2. The molecule has 0 spiro atoms. The Morgan fingerprint density at radius 2 is 0.986 bits per heavy atom. The van der Waals surface area contributed by atoms with Gasteiger partial charge in [-0.1, -0.05) is 20.3 Å². The maximum absolute atomic E-state index is 13.6. The third kappa shape index (κ3) is 26.5. The monoisotopic (exact) mass is 1020 g/mol. The van der Waals surface area contributed by atoms with E-state index in [0.717, 1.165) is 0 Å². The van der Waals surface area contributed by atoms with Crippen molar-refractivity contribution in [2.45, 2.75) is 134 Å². The van der Waals surface area contributed by atoms with E-state index in [1.165, 1.54) is 25.6 Å². The minimum absolute atomic E-state index is 0.0364. The quantitative estimate of drug-likeness (QED) is 0.0159. The van der Waals surface area contributed by atoms with E-state index in [-0.39, 0.29) is 75.9 Å². The number of aliphatic carboxylic acids is 2. The van der Waals surface area contributed by atoms with Crippen LogP contribution in [0.3, 0.4) is 0 Å². The number of aliphatic imine (C=N–C) groups is 2. The third-order valence-electron chi connectivity index (χ3n) is 10.2. The zero-order chi connectivity index (χ0) is 53.7. The van der Waals surface area contributed by atoms with E-state index in [9.17, 15) is 63.0 Å². The topological polar surface area (TPSA) is 505 Å². The molecule has 0 unspecified atom stereocenters. The molecule has 0 rings (SSSR count). The highest BCUT2D eigenvalue weighted by molar-refractivity contribution is 7.98. The lowest BCUT2D eigenvalue weighted by atomic mass is 9.98. The van der Waals surface area contributed by atoms with Crippen molar-refractivity contribution in [2.75, 3.05) is 31.6 Å². The van der Waals surface area contributed by atoms with Crippen molar-refractivity contribution in [2.24, 2.45) is 50.3 Å². The number of hydrogen-bond donors (Lipinski definition) is 16. The molecule has 0 aliphatic heterocycles. The van der Waals surface area contributed by atoms with Gasteiger partial charge in [0.1, 0.15) is 42.3 Å². The van der Waals surface area contributed by atoms with Crippen molar-refractivity contribution in [1.82, 2.24) is 42.5 Å². The van der Waals surface area contributed by atoms with Gasteiger partial charge in [-0.3, -0.25) is 62.7 Å². The maximum Gasteiger partial charge on any atom is 0.325 e. The van der Waals surface area contributed by atoms with Crippen molar-refractivity contribution < 1.29 is 63.0 Å². The van der Waals surface area contributed by atoms with Crippen LogP contribution in [0.5, 0.6) is 0 Å². The van der Waals surface area contributed by atoms with E-state index in [4.69, 9.17) is 34.4 Å². The number of nitrogens with one attached hydrogen (secondary N) is 8. The number of primary amides is 1. The maximum atomic E-state index is 13.6. The highest BCUT2D eigenvalue weighted by Gasteiger charge is 2.34. The molecule has 0 heterocycles. The number of amides is 9. The van der Waals surface area contributed by atoms with Crippen LogP contribution in [-0.2, 0) is 52.7 Å². The number of carboxylic acids is 2. The second kappa shape index (κ2) is 33.5. The molecular weight excluding hydrogens is 945 g/mol. The van der Waals surface area contributed by atoms with Gasteiger partial charge in [0, 0.05) is 19.5 Å². The molecule has 0 aromatic rings. The van der Waals surface area contributed by atoms with Crippen LogP contribution in [0.4, 0.5) is 0 Å². The lowest BCUT2D eigenvalue weighted by molar-refractivity contribution is -0.142. The van der Waals surface area contributed by atoms with Crippen molar-refractivity contribution >= 4 is 88.8 Å². The fourth-order valence-electron chi connectivity index (χ4n) is 5.91. The zero-order valence-corrected chi connectivity index (χ0v) is 40.9. The summed E-state index contributed by atoms with van der Waals surface area (Å²) >= 11 is 1.36. The Balaban J connectivity index is 6.23. The van der Waals surface area contributed by atoms with Crippen LogP contribution in [0.1, 0.15) is 85.5 Å². The first-order chi connectivity index (χ1) is 32.7. The fraction of sp³-hybridized carbons (Fsp3) is 0.675. The van der Waals surface area contributed by atoms with Crippen LogP contribution >= 0.6 is 11.8 Å². The first kappa shape index (κ1) is 63.0. The third-order valence-corrected chi connectivity index (χ3v) is 10.9. The van der Waals surface area contributed by atoms with Gasteiger partial charge in [0.2, 0.25) is 53.2 Å². The van der Waals surface area contributed by atoms with Gasteiger partial charge < -0.3 is 87.1 Å². The first-order valence-electron chi connectivity index (χ1n) is 22.2. The lowest BCUT2D eigenvalue weighted by Gasteiger charge is -2.26. The predicted molar refractivity (Wildman–Crippen MR) is 256 cm³/mol. The van der Waals surface area contributed by atoms with Crippen molar-refractivity contribution in [3.05, 3.63) is 0 Å². The summed E-state index contributed by atoms with van der Waals surface area (Å²) in [6.45, 7) is 5.23. The van der Waals surface area contributed by atoms with Crippen LogP contribution in [0.25, 0.3) is 0 Å². The van der Waals surface area contributed by atoms with Crippen LogP contribution < -0.4 is 76.9 Å². The molecule has 0 bridgehead atoms. The van der Waals surface area contributed by atoms with Crippen LogP contribution in [0, 0.1) is 5.92 Å². The number of nitrogens with zero attached hydrogens (tertiary/aromatic N) is 2. The molecule has 29 nitrogen and oxygen atoms in total. The van der Waals surface area contributed by atoms with Crippen LogP contribution in [0.2, 0.25) is 0 Å². The average molecular weight is 1020 g/mol. The molecule has 0 aliphatic carbocycles. The van der Waals surface area contributed by atoms with Gasteiger partial charge >= 0.3 is 11.9 Å². The minimum atomic E-state index is -1.86. The standard InChI is InChI=1S/C40H72N16O13S/c1-6-19(2)30(42)37(67)55-24(11-12-27(41)57)35(65)56-26(17-29(59)60)36(66)53-23(10-8-15-48-40(45)46)32(62)50-20(3)31(61)49-18-28(58)52-22(9-7-14-47-39(43)44)34(64)54-25(13-16-70-5)33(63)51-21(4)38(68)69/h19-26,30H,6-18,42H2,1-5H3,(H2,41,57)(H,49,61)(H,50,62)(H,51,63)(H,52,58)(H,53,66)(H,54,64)(H,55,67)(H,56,65)(H,59,60)(H,68,69)(H4,43,44,47)(H4,45,46,48)/t19-,20-,21-,22-,23-,24-,25-,26-,30-/m0/s1. The molecule has 0 aromatic heterocycles. The molecule has 0 saturated heterocycles. The Labute approximate surface area is 409 Å². The Morgan fingerprint density at radius 3 is 1.44 bits per heavy atom. The highest BCUT2D eigenvalue weighted by Crippen LogP contribution is 2.09. The Hall–Kier alpha value is -6.98. The lowest BCUT2D eigenvalue weighted by Crippen LogP contribution is -2.59. The van der Waals surface area contributed by atoms with Gasteiger partial charge in [0.05, 0.1) is 19.0 Å². The fourth-order valence-corrected chi connectivity index (χ4v) is 6.38. The summed E-state index contributed by atoms with van der Waals surface area (Å²) in [7, 11) is 0. The van der Waals surface area contributed by atoms with Gasteiger partial charge in [-0.2, -0.15) is 11.8 Å². The van der Waals surface area contributed by atoms with Crippen LogP contribution in [0.15, 0.2) is 9.98 Å².